The van der Waals surface area contributed by atoms with Gasteiger partial charge in [0.15, 0.2) is 0 Å². The predicted molar refractivity (Wildman–Crippen MR) is 64.5 cm³/mol. The fourth-order valence-corrected chi connectivity index (χ4v) is 1.93. The van der Waals surface area contributed by atoms with Crippen LogP contribution in [0.15, 0.2) is 23.1 Å². The Bertz CT molecular complexity index is 486. The standard InChI is InChI=1S/C12H18N4O/c1-4-10-9(5-6-17-10)11(13)12-14-7-15-16(12)8(2)3/h5-8,11H,4,13H2,1-3H3. The molecule has 0 aliphatic heterocycles. The number of aryl methyl sites for hydroxylation is 1. The van der Waals surface area contributed by atoms with E-state index in [9.17, 15) is 0 Å². The summed E-state index contributed by atoms with van der Waals surface area (Å²) in [5, 5.41) is 4.20. The molecule has 1 atom stereocenters. The minimum Gasteiger partial charge on any atom is -0.469 e. The Balaban J connectivity index is 2.37. The number of rotatable bonds is 4. The molecule has 0 spiro atoms. The highest BCUT2D eigenvalue weighted by Crippen LogP contribution is 2.24. The number of nitrogens with two attached hydrogens (primary N) is 1. The first-order valence-electron chi connectivity index (χ1n) is 5.86. The van der Waals surface area contributed by atoms with Crippen LogP contribution in [0.5, 0.6) is 0 Å². The third-order valence-corrected chi connectivity index (χ3v) is 2.80. The van der Waals surface area contributed by atoms with Crippen molar-refractivity contribution in [1.82, 2.24) is 14.8 Å². The van der Waals surface area contributed by atoms with Crippen LogP contribution >= 0.6 is 0 Å². The molecule has 2 rings (SSSR count). The van der Waals surface area contributed by atoms with Crippen LogP contribution in [0, 0.1) is 0 Å². The van der Waals surface area contributed by atoms with Crippen LogP contribution in [-0.2, 0) is 6.42 Å². The Morgan fingerprint density at radius 2 is 2.24 bits per heavy atom. The quantitative estimate of drug-likeness (QED) is 0.879. The fourth-order valence-electron chi connectivity index (χ4n) is 1.93. The summed E-state index contributed by atoms with van der Waals surface area (Å²) in [4.78, 5) is 4.25. The zero-order valence-corrected chi connectivity index (χ0v) is 10.4. The van der Waals surface area contributed by atoms with Crippen molar-refractivity contribution >= 4 is 0 Å². The molecule has 0 radical (unpaired) electrons. The van der Waals surface area contributed by atoms with Crippen molar-refractivity contribution in [3.8, 4) is 0 Å². The van der Waals surface area contributed by atoms with Crippen molar-refractivity contribution < 1.29 is 4.42 Å². The Labute approximate surface area is 101 Å². The summed E-state index contributed by atoms with van der Waals surface area (Å²) in [6, 6.07) is 1.87. The van der Waals surface area contributed by atoms with Gasteiger partial charge in [-0.3, -0.25) is 0 Å². The molecule has 5 nitrogen and oxygen atoms in total. The smallest absolute Gasteiger partial charge is 0.148 e. The molecule has 92 valence electrons. The van der Waals surface area contributed by atoms with Crippen LogP contribution < -0.4 is 5.73 Å². The molecule has 1 unspecified atom stereocenters. The summed E-state index contributed by atoms with van der Waals surface area (Å²) in [6.45, 7) is 6.16. The average Bonchev–Trinajstić information content (AvgIpc) is 2.96. The van der Waals surface area contributed by atoms with Crippen LogP contribution in [0.25, 0.3) is 0 Å². The number of furan rings is 1. The van der Waals surface area contributed by atoms with E-state index in [4.69, 9.17) is 10.2 Å². The minimum atomic E-state index is -0.284. The molecule has 17 heavy (non-hydrogen) atoms. The van der Waals surface area contributed by atoms with Crippen molar-refractivity contribution in [2.45, 2.75) is 39.3 Å². The molecule has 2 aromatic rings. The SMILES string of the molecule is CCc1occc1C(N)c1ncnn1C(C)C. The monoisotopic (exact) mass is 234 g/mol. The van der Waals surface area contributed by atoms with Gasteiger partial charge in [-0.05, 0) is 19.9 Å². The fraction of sp³-hybridized carbons (Fsp3) is 0.500. The van der Waals surface area contributed by atoms with Crippen LogP contribution in [0.4, 0.5) is 0 Å². The van der Waals surface area contributed by atoms with Gasteiger partial charge >= 0.3 is 0 Å². The Morgan fingerprint density at radius 1 is 1.47 bits per heavy atom. The van der Waals surface area contributed by atoms with E-state index < -0.39 is 0 Å². The molecule has 0 saturated heterocycles. The number of nitrogens with zero attached hydrogens (tertiary/aromatic N) is 3. The first-order valence-corrected chi connectivity index (χ1v) is 5.86. The summed E-state index contributed by atoms with van der Waals surface area (Å²) in [6.07, 6.45) is 4.04. The highest BCUT2D eigenvalue weighted by Gasteiger charge is 2.21. The molecular formula is C12H18N4O. The van der Waals surface area contributed by atoms with E-state index in [1.165, 1.54) is 0 Å². The van der Waals surface area contributed by atoms with E-state index in [1.807, 2.05) is 17.7 Å². The highest BCUT2D eigenvalue weighted by molar-refractivity contribution is 5.26. The Kier molecular flexibility index (Phi) is 3.28. The van der Waals surface area contributed by atoms with Crippen molar-refractivity contribution in [3.63, 3.8) is 0 Å². The van der Waals surface area contributed by atoms with E-state index in [1.54, 1.807) is 12.6 Å². The maximum absolute atomic E-state index is 6.24. The summed E-state index contributed by atoms with van der Waals surface area (Å²) in [5.74, 6) is 1.69. The van der Waals surface area contributed by atoms with E-state index in [0.29, 0.717) is 0 Å². The van der Waals surface area contributed by atoms with E-state index >= 15 is 0 Å². The Hall–Kier alpha value is -1.62. The van der Waals surface area contributed by atoms with Gasteiger partial charge in [0.25, 0.3) is 0 Å². The van der Waals surface area contributed by atoms with Crippen molar-refractivity contribution in [2.75, 3.05) is 0 Å². The molecular weight excluding hydrogens is 216 g/mol. The summed E-state index contributed by atoms with van der Waals surface area (Å²) < 4.78 is 7.24. The van der Waals surface area contributed by atoms with Gasteiger partial charge in [0.2, 0.25) is 0 Å². The lowest BCUT2D eigenvalue weighted by molar-refractivity contribution is 0.483. The lowest BCUT2D eigenvalue weighted by Crippen LogP contribution is -2.20. The zero-order valence-electron chi connectivity index (χ0n) is 10.4. The lowest BCUT2D eigenvalue weighted by Gasteiger charge is -2.14. The molecule has 0 amide bonds. The average molecular weight is 234 g/mol. The third kappa shape index (κ3) is 2.10. The minimum absolute atomic E-state index is 0.246. The maximum Gasteiger partial charge on any atom is 0.148 e. The second-order valence-corrected chi connectivity index (χ2v) is 4.29. The molecule has 0 bridgehead atoms. The molecule has 0 saturated carbocycles. The van der Waals surface area contributed by atoms with Crippen LogP contribution in [0.1, 0.15) is 50.0 Å². The number of hydrogen-bond acceptors (Lipinski definition) is 4. The molecule has 2 N–H and O–H groups in total. The van der Waals surface area contributed by atoms with Gasteiger partial charge in [0.1, 0.15) is 17.9 Å². The first kappa shape index (κ1) is 11.9. The lowest BCUT2D eigenvalue weighted by atomic mass is 10.1. The van der Waals surface area contributed by atoms with Crippen molar-refractivity contribution in [1.29, 1.82) is 0 Å². The van der Waals surface area contributed by atoms with Gasteiger partial charge in [-0.1, -0.05) is 6.92 Å². The van der Waals surface area contributed by atoms with E-state index in [2.05, 4.69) is 23.9 Å². The van der Waals surface area contributed by atoms with E-state index in [-0.39, 0.29) is 12.1 Å². The predicted octanol–water partition coefficient (Wildman–Crippen LogP) is 2.06. The summed E-state index contributed by atoms with van der Waals surface area (Å²) >= 11 is 0. The molecule has 2 aromatic heterocycles. The third-order valence-electron chi connectivity index (χ3n) is 2.80. The van der Waals surface area contributed by atoms with Gasteiger partial charge in [-0.15, -0.1) is 0 Å². The second-order valence-electron chi connectivity index (χ2n) is 4.29. The molecule has 5 heteroatoms. The molecule has 0 aliphatic carbocycles. The number of hydrogen-bond donors (Lipinski definition) is 1. The van der Waals surface area contributed by atoms with Gasteiger partial charge in [-0.25, -0.2) is 9.67 Å². The largest absolute Gasteiger partial charge is 0.469 e. The topological polar surface area (TPSA) is 69.9 Å². The second kappa shape index (κ2) is 4.71. The summed E-state index contributed by atoms with van der Waals surface area (Å²) in [7, 11) is 0. The van der Waals surface area contributed by atoms with Crippen LogP contribution in [0.2, 0.25) is 0 Å². The first-order chi connectivity index (χ1) is 8.15. The molecule has 0 aromatic carbocycles. The Morgan fingerprint density at radius 3 is 2.88 bits per heavy atom. The summed E-state index contributed by atoms with van der Waals surface area (Å²) in [5.41, 5.74) is 7.23. The van der Waals surface area contributed by atoms with Crippen molar-refractivity contribution in [3.05, 3.63) is 35.8 Å². The zero-order chi connectivity index (χ0) is 12.4. The molecule has 0 fully saturated rings. The van der Waals surface area contributed by atoms with Crippen LogP contribution in [-0.4, -0.2) is 14.8 Å². The van der Waals surface area contributed by atoms with E-state index in [0.717, 1.165) is 23.6 Å². The normalized spacial score (nSPS) is 13.2. The van der Waals surface area contributed by atoms with Crippen molar-refractivity contribution in [2.24, 2.45) is 5.73 Å². The molecule has 0 aliphatic rings. The van der Waals surface area contributed by atoms with Gasteiger partial charge in [0.05, 0.1) is 12.3 Å². The van der Waals surface area contributed by atoms with Crippen LogP contribution in [0.3, 0.4) is 0 Å². The van der Waals surface area contributed by atoms with Gasteiger partial charge < -0.3 is 10.2 Å². The van der Waals surface area contributed by atoms with Gasteiger partial charge in [0, 0.05) is 18.0 Å². The highest BCUT2D eigenvalue weighted by atomic mass is 16.3. The number of aromatic nitrogens is 3. The van der Waals surface area contributed by atoms with Gasteiger partial charge in [-0.2, -0.15) is 5.10 Å². The molecule has 2 heterocycles. The maximum atomic E-state index is 6.24.